The van der Waals surface area contributed by atoms with Crippen molar-refractivity contribution in [2.24, 2.45) is 0 Å². The fraction of sp³-hybridized carbons (Fsp3) is 0.294. The van der Waals surface area contributed by atoms with Gasteiger partial charge in [0.1, 0.15) is 12.4 Å². The van der Waals surface area contributed by atoms with Gasteiger partial charge in [0.15, 0.2) is 0 Å². The molecule has 0 aliphatic carbocycles. The minimum atomic E-state index is 0.577. The van der Waals surface area contributed by atoms with Crippen molar-refractivity contribution in [3.05, 3.63) is 64.1 Å². The van der Waals surface area contributed by atoms with Crippen molar-refractivity contribution in [3.8, 4) is 5.75 Å². The first-order valence-corrected chi connectivity index (χ1v) is 7.73. The van der Waals surface area contributed by atoms with Crippen LogP contribution in [0.5, 0.6) is 5.75 Å². The second-order valence-electron chi connectivity index (χ2n) is 4.70. The highest BCUT2D eigenvalue weighted by Gasteiger charge is 2.05. The van der Waals surface area contributed by atoms with Crippen LogP contribution in [0.4, 0.5) is 0 Å². The maximum atomic E-state index is 5.94. The van der Waals surface area contributed by atoms with Crippen LogP contribution in [0.2, 0.25) is 0 Å². The summed E-state index contributed by atoms with van der Waals surface area (Å²) in [6.07, 6.45) is 0. The van der Waals surface area contributed by atoms with Crippen molar-refractivity contribution >= 4 is 15.9 Å². The molecule has 0 amide bonds. The van der Waals surface area contributed by atoms with E-state index >= 15 is 0 Å². The highest BCUT2D eigenvalue weighted by atomic mass is 79.9. The zero-order valence-electron chi connectivity index (χ0n) is 12.1. The Kier molecular flexibility index (Phi) is 6.73. The Hall–Kier alpha value is -1.36. The molecule has 0 saturated carbocycles. The number of methoxy groups -OCH3 is 1. The molecule has 4 heteroatoms. The lowest BCUT2D eigenvalue weighted by Gasteiger charge is -2.13. The van der Waals surface area contributed by atoms with Crippen LogP contribution < -0.4 is 10.1 Å². The minimum Gasteiger partial charge on any atom is -0.489 e. The van der Waals surface area contributed by atoms with Crippen molar-refractivity contribution in [2.45, 2.75) is 13.2 Å². The van der Waals surface area contributed by atoms with E-state index in [4.69, 9.17) is 9.47 Å². The maximum Gasteiger partial charge on any atom is 0.124 e. The molecule has 0 bridgehead atoms. The van der Waals surface area contributed by atoms with Gasteiger partial charge in [-0.1, -0.05) is 46.3 Å². The summed E-state index contributed by atoms with van der Waals surface area (Å²) in [5.74, 6) is 0.909. The summed E-state index contributed by atoms with van der Waals surface area (Å²) >= 11 is 3.51. The predicted molar refractivity (Wildman–Crippen MR) is 88.5 cm³/mol. The summed E-state index contributed by atoms with van der Waals surface area (Å²) in [6, 6.07) is 16.3. The zero-order valence-corrected chi connectivity index (χ0v) is 13.7. The van der Waals surface area contributed by atoms with Crippen molar-refractivity contribution < 1.29 is 9.47 Å². The van der Waals surface area contributed by atoms with Gasteiger partial charge in [0.05, 0.1) is 6.61 Å². The molecule has 2 aromatic rings. The largest absolute Gasteiger partial charge is 0.489 e. The molecule has 0 atom stereocenters. The Morgan fingerprint density at radius 3 is 2.67 bits per heavy atom. The van der Waals surface area contributed by atoms with E-state index in [1.54, 1.807) is 7.11 Å². The molecule has 3 nitrogen and oxygen atoms in total. The lowest BCUT2D eigenvalue weighted by molar-refractivity contribution is 0.199. The number of nitrogens with one attached hydrogen (secondary N) is 1. The average molecular weight is 350 g/mol. The number of halogens is 1. The van der Waals surface area contributed by atoms with Crippen LogP contribution in [0.15, 0.2) is 53.0 Å². The Bertz CT molecular complexity index is 546. The first-order valence-electron chi connectivity index (χ1n) is 6.94. The highest BCUT2D eigenvalue weighted by Crippen LogP contribution is 2.24. The molecule has 112 valence electrons. The van der Waals surface area contributed by atoms with Crippen LogP contribution in [0, 0.1) is 0 Å². The normalized spacial score (nSPS) is 10.6. The van der Waals surface area contributed by atoms with Crippen LogP contribution >= 0.6 is 15.9 Å². The number of hydrogen-bond donors (Lipinski definition) is 1. The van der Waals surface area contributed by atoms with Crippen LogP contribution in [0.25, 0.3) is 0 Å². The molecule has 1 N–H and O–H groups in total. The molecule has 0 unspecified atom stereocenters. The molecule has 0 aliphatic heterocycles. The van der Waals surface area contributed by atoms with Crippen LogP contribution in [-0.4, -0.2) is 20.3 Å². The Labute approximate surface area is 134 Å². The summed E-state index contributed by atoms with van der Waals surface area (Å²) in [6.45, 7) is 2.86. The monoisotopic (exact) mass is 349 g/mol. The number of ether oxygens (including phenoxy) is 2. The van der Waals surface area contributed by atoms with Crippen molar-refractivity contribution in [1.82, 2.24) is 5.32 Å². The molecule has 0 spiro atoms. The average Bonchev–Trinajstić information content (AvgIpc) is 2.52. The molecule has 21 heavy (non-hydrogen) atoms. The maximum absolute atomic E-state index is 5.94. The van der Waals surface area contributed by atoms with Crippen molar-refractivity contribution in [1.29, 1.82) is 0 Å². The van der Waals surface area contributed by atoms with Crippen molar-refractivity contribution in [3.63, 3.8) is 0 Å². The first kappa shape index (κ1) is 16.0. The lowest BCUT2D eigenvalue weighted by Crippen LogP contribution is -2.19. The molecular weight excluding hydrogens is 330 g/mol. The predicted octanol–water partition coefficient (Wildman–Crippen LogP) is 3.76. The third-order valence-electron chi connectivity index (χ3n) is 3.06. The summed E-state index contributed by atoms with van der Waals surface area (Å²) in [7, 11) is 1.70. The zero-order chi connectivity index (χ0) is 14.9. The van der Waals surface area contributed by atoms with Gasteiger partial charge in [-0.3, -0.25) is 0 Å². The summed E-state index contributed by atoms with van der Waals surface area (Å²) < 4.78 is 12.0. The molecular formula is C17H20BrNO2. The number of rotatable bonds is 8. The molecule has 0 fully saturated rings. The molecule has 2 rings (SSSR count). The van der Waals surface area contributed by atoms with E-state index in [9.17, 15) is 0 Å². The molecule has 2 aromatic carbocycles. The van der Waals surface area contributed by atoms with Crippen LogP contribution in [-0.2, 0) is 17.9 Å². The van der Waals surface area contributed by atoms with Gasteiger partial charge in [0.25, 0.3) is 0 Å². The van der Waals surface area contributed by atoms with E-state index in [0.29, 0.717) is 13.2 Å². The minimum absolute atomic E-state index is 0.577. The Balaban J connectivity index is 1.97. The molecule has 0 heterocycles. The van der Waals surface area contributed by atoms with Crippen LogP contribution in [0.3, 0.4) is 0 Å². The second-order valence-corrected chi connectivity index (χ2v) is 5.61. The quantitative estimate of drug-likeness (QED) is 0.736. The molecule has 0 aromatic heterocycles. The van der Waals surface area contributed by atoms with Gasteiger partial charge >= 0.3 is 0 Å². The van der Waals surface area contributed by atoms with Gasteiger partial charge in [-0.05, 0) is 23.8 Å². The molecule has 0 radical (unpaired) electrons. The number of benzene rings is 2. The van der Waals surface area contributed by atoms with E-state index < -0.39 is 0 Å². The summed E-state index contributed by atoms with van der Waals surface area (Å²) in [5, 5.41) is 3.34. The van der Waals surface area contributed by atoms with Gasteiger partial charge in [0, 0.05) is 30.2 Å². The lowest BCUT2D eigenvalue weighted by atomic mass is 10.2. The van der Waals surface area contributed by atoms with Gasteiger partial charge in [-0.15, -0.1) is 0 Å². The van der Waals surface area contributed by atoms with Gasteiger partial charge in [-0.2, -0.15) is 0 Å². The second kappa shape index (κ2) is 8.82. The van der Waals surface area contributed by atoms with Crippen LogP contribution in [0.1, 0.15) is 11.1 Å². The van der Waals surface area contributed by atoms with E-state index in [2.05, 4.69) is 39.4 Å². The fourth-order valence-electron chi connectivity index (χ4n) is 1.96. The molecule has 0 aliphatic rings. The topological polar surface area (TPSA) is 30.5 Å². The van der Waals surface area contributed by atoms with Gasteiger partial charge < -0.3 is 14.8 Å². The van der Waals surface area contributed by atoms with E-state index in [1.807, 2.05) is 30.3 Å². The summed E-state index contributed by atoms with van der Waals surface area (Å²) in [4.78, 5) is 0. The molecule has 0 saturated heterocycles. The summed E-state index contributed by atoms with van der Waals surface area (Å²) in [5.41, 5.74) is 2.30. The van der Waals surface area contributed by atoms with Gasteiger partial charge in [0.2, 0.25) is 0 Å². The van der Waals surface area contributed by atoms with E-state index in [-0.39, 0.29) is 0 Å². The third kappa shape index (κ3) is 5.50. The number of hydrogen-bond acceptors (Lipinski definition) is 3. The Morgan fingerprint density at radius 1 is 1.10 bits per heavy atom. The smallest absolute Gasteiger partial charge is 0.124 e. The SMILES string of the molecule is COCCNCc1cc(Br)ccc1OCc1ccccc1. The van der Waals surface area contributed by atoms with Crippen molar-refractivity contribution in [2.75, 3.05) is 20.3 Å². The third-order valence-corrected chi connectivity index (χ3v) is 3.55. The Morgan fingerprint density at radius 2 is 1.90 bits per heavy atom. The van der Waals surface area contributed by atoms with Gasteiger partial charge in [-0.25, -0.2) is 0 Å². The van der Waals surface area contributed by atoms with E-state index in [1.165, 1.54) is 5.56 Å². The highest BCUT2D eigenvalue weighted by molar-refractivity contribution is 9.10. The van der Waals surface area contributed by atoms with E-state index in [0.717, 1.165) is 28.9 Å². The fourth-order valence-corrected chi connectivity index (χ4v) is 2.37. The standard InChI is InChI=1S/C17H20BrNO2/c1-20-10-9-19-12-15-11-16(18)7-8-17(15)21-13-14-5-3-2-4-6-14/h2-8,11,19H,9-10,12-13H2,1H3. The first-order chi connectivity index (χ1) is 10.3.